The number of hydrogen-bond donors (Lipinski definition) is 1. The lowest BCUT2D eigenvalue weighted by Crippen LogP contribution is -2.24. The molecule has 1 heterocycles. The molecule has 1 aliphatic rings. The molecule has 0 aromatic carbocycles. The van der Waals surface area contributed by atoms with E-state index in [-0.39, 0.29) is 5.60 Å². The van der Waals surface area contributed by atoms with Crippen molar-refractivity contribution in [3.05, 3.63) is 23.7 Å². The second kappa shape index (κ2) is 6.55. The molecule has 1 saturated carbocycles. The molecule has 0 spiro atoms. The Bertz CT molecular complexity index is 382. The Hall–Kier alpha value is -0.840. The molecule has 0 bridgehead atoms. The normalized spacial score (nSPS) is 15.9. The predicted octanol–water partition coefficient (Wildman–Crippen LogP) is 2.86. The second-order valence-electron chi connectivity index (χ2n) is 5.79. The van der Waals surface area contributed by atoms with Crippen molar-refractivity contribution in [2.24, 2.45) is 0 Å². The predicted molar refractivity (Wildman–Crippen MR) is 73.9 cm³/mol. The molecule has 0 unspecified atom stereocenters. The molecule has 2 rings (SSSR count). The van der Waals surface area contributed by atoms with Gasteiger partial charge in [0.25, 0.3) is 0 Å². The summed E-state index contributed by atoms with van der Waals surface area (Å²) in [5, 5.41) is 3.45. The maximum absolute atomic E-state index is 5.71. The topological polar surface area (TPSA) is 43.6 Å². The molecule has 0 amide bonds. The van der Waals surface area contributed by atoms with Crippen molar-refractivity contribution >= 4 is 0 Å². The summed E-state index contributed by atoms with van der Waals surface area (Å²) < 4.78 is 16.6. The standard InChI is InChI=1S/C15H25NO3/c1-15(2,17-3)7-9-18-11-12-6-8-19-14(12)10-16-13-4-5-13/h6,8,13,16H,4-5,7,9-11H2,1-3H3. The molecule has 0 aliphatic heterocycles. The first-order valence-corrected chi connectivity index (χ1v) is 7.02. The minimum absolute atomic E-state index is 0.118. The average molecular weight is 267 g/mol. The Morgan fingerprint density at radius 1 is 1.42 bits per heavy atom. The summed E-state index contributed by atoms with van der Waals surface area (Å²) >= 11 is 0. The third kappa shape index (κ3) is 4.97. The van der Waals surface area contributed by atoms with Gasteiger partial charge in [-0.25, -0.2) is 0 Å². The van der Waals surface area contributed by atoms with Crippen molar-refractivity contribution < 1.29 is 13.9 Å². The van der Waals surface area contributed by atoms with Crippen LogP contribution in [0.3, 0.4) is 0 Å². The van der Waals surface area contributed by atoms with Gasteiger partial charge in [-0.05, 0) is 39.2 Å². The summed E-state index contributed by atoms with van der Waals surface area (Å²) in [5.41, 5.74) is 1.02. The number of rotatable bonds is 9. The number of nitrogens with one attached hydrogen (secondary N) is 1. The van der Waals surface area contributed by atoms with E-state index in [1.807, 2.05) is 6.07 Å². The largest absolute Gasteiger partial charge is 0.468 e. The molecule has 108 valence electrons. The van der Waals surface area contributed by atoms with Crippen molar-refractivity contribution in [3.8, 4) is 0 Å². The summed E-state index contributed by atoms with van der Waals surface area (Å²) in [6.45, 7) is 6.25. The van der Waals surface area contributed by atoms with Crippen LogP contribution < -0.4 is 5.32 Å². The lowest BCUT2D eigenvalue weighted by atomic mass is 10.1. The zero-order valence-corrected chi connectivity index (χ0v) is 12.2. The molecule has 1 aliphatic carbocycles. The zero-order chi connectivity index (χ0) is 13.7. The highest BCUT2D eigenvalue weighted by molar-refractivity contribution is 5.16. The van der Waals surface area contributed by atoms with Crippen LogP contribution in [0.15, 0.2) is 16.7 Å². The molecule has 0 radical (unpaired) electrons. The van der Waals surface area contributed by atoms with Crippen molar-refractivity contribution in [2.75, 3.05) is 13.7 Å². The smallest absolute Gasteiger partial charge is 0.123 e. The van der Waals surface area contributed by atoms with E-state index in [4.69, 9.17) is 13.9 Å². The van der Waals surface area contributed by atoms with Crippen LogP contribution in [-0.2, 0) is 22.6 Å². The van der Waals surface area contributed by atoms with E-state index in [2.05, 4.69) is 19.2 Å². The van der Waals surface area contributed by atoms with Crippen LogP contribution in [0.2, 0.25) is 0 Å². The molecular weight excluding hydrogens is 242 g/mol. The molecule has 1 aromatic heterocycles. The summed E-state index contributed by atoms with van der Waals surface area (Å²) in [4.78, 5) is 0. The lowest BCUT2D eigenvalue weighted by Gasteiger charge is -2.22. The fraction of sp³-hybridized carbons (Fsp3) is 0.733. The van der Waals surface area contributed by atoms with Gasteiger partial charge in [-0.1, -0.05) is 0 Å². The van der Waals surface area contributed by atoms with Gasteiger partial charge >= 0.3 is 0 Å². The van der Waals surface area contributed by atoms with Gasteiger partial charge in [0.05, 0.1) is 25.0 Å². The summed E-state index contributed by atoms with van der Waals surface area (Å²) in [7, 11) is 1.73. The molecule has 0 atom stereocenters. The third-order valence-electron chi connectivity index (χ3n) is 3.62. The van der Waals surface area contributed by atoms with Crippen LogP contribution in [0.1, 0.15) is 44.4 Å². The number of ether oxygens (including phenoxy) is 2. The van der Waals surface area contributed by atoms with Crippen molar-refractivity contribution in [3.63, 3.8) is 0 Å². The first-order valence-electron chi connectivity index (χ1n) is 7.02. The Labute approximate surface area is 115 Å². The first kappa shape index (κ1) is 14.6. The summed E-state index contributed by atoms with van der Waals surface area (Å²) in [6, 6.07) is 2.69. The van der Waals surface area contributed by atoms with Crippen LogP contribution in [0.25, 0.3) is 0 Å². The minimum Gasteiger partial charge on any atom is -0.468 e. The average Bonchev–Trinajstić information content (AvgIpc) is 3.12. The van der Waals surface area contributed by atoms with E-state index in [9.17, 15) is 0 Å². The highest BCUT2D eigenvalue weighted by Crippen LogP contribution is 2.20. The maximum atomic E-state index is 5.71. The Morgan fingerprint density at radius 2 is 2.21 bits per heavy atom. The van der Waals surface area contributed by atoms with Gasteiger partial charge in [0.1, 0.15) is 5.76 Å². The van der Waals surface area contributed by atoms with Gasteiger partial charge in [0.2, 0.25) is 0 Å². The molecule has 1 fully saturated rings. The van der Waals surface area contributed by atoms with Crippen molar-refractivity contribution in [2.45, 2.75) is 57.9 Å². The van der Waals surface area contributed by atoms with Gasteiger partial charge in [-0.2, -0.15) is 0 Å². The fourth-order valence-corrected chi connectivity index (χ4v) is 1.78. The number of hydrogen-bond acceptors (Lipinski definition) is 4. The van der Waals surface area contributed by atoms with Crippen molar-refractivity contribution in [1.82, 2.24) is 5.32 Å². The van der Waals surface area contributed by atoms with Crippen molar-refractivity contribution in [1.29, 1.82) is 0 Å². The van der Waals surface area contributed by atoms with Gasteiger partial charge in [0.15, 0.2) is 0 Å². The van der Waals surface area contributed by atoms with E-state index in [1.165, 1.54) is 12.8 Å². The molecule has 4 heteroatoms. The van der Waals surface area contributed by atoms with Crippen LogP contribution >= 0.6 is 0 Å². The van der Waals surface area contributed by atoms with E-state index < -0.39 is 0 Å². The SMILES string of the molecule is COC(C)(C)CCOCc1ccoc1CNC1CC1. The highest BCUT2D eigenvalue weighted by atomic mass is 16.5. The molecular formula is C15H25NO3. The van der Waals surface area contributed by atoms with Crippen LogP contribution in [-0.4, -0.2) is 25.4 Å². The molecule has 4 nitrogen and oxygen atoms in total. The monoisotopic (exact) mass is 267 g/mol. The van der Waals surface area contributed by atoms with Crippen LogP contribution in [0.5, 0.6) is 0 Å². The number of methoxy groups -OCH3 is 1. The lowest BCUT2D eigenvalue weighted by molar-refractivity contribution is -0.0125. The van der Waals surface area contributed by atoms with Crippen LogP contribution in [0.4, 0.5) is 0 Å². The second-order valence-corrected chi connectivity index (χ2v) is 5.79. The van der Waals surface area contributed by atoms with E-state index in [0.29, 0.717) is 19.3 Å². The zero-order valence-electron chi connectivity index (χ0n) is 12.2. The van der Waals surface area contributed by atoms with E-state index in [1.54, 1.807) is 13.4 Å². The van der Waals surface area contributed by atoms with E-state index >= 15 is 0 Å². The Balaban J connectivity index is 1.68. The summed E-state index contributed by atoms with van der Waals surface area (Å²) in [5.74, 6) is 0.998. The van der Waals surface area contributed by atoms with E-state index in [0.717, 1.165) is 24.3 Å². The fourth-order valence-electron chi connectivity index (χ4n) is 1.78. The molecule has 1 aromatic rings. The molecule has 19 heavy (non-hydrogen) atoms. The van der Waals surface area contributed by atoms with Gasteiger partial charge < -0.3 is 19.2 Å². The minimum atomic E-state index is -0.118. The number of furan rings is 1. The van der Waals surface area contributed by atoms with Gasteiger partial charge in [-0.3, -0.25) is 0 Å². The Morgan fingerprint density at radius 3 is 2.89 bits per heavy atom. The quantitative estimate of drug-likeness (QED) is 0.699. The molecule has 1 N–H and O–H groups in total. The summed E-state index contributed by atoms with van der Waals surface area (Å²) in [6.07, 6.45) is 5.20. The van der Waals surface area contributed by atoms with Gasteiger partial charge in [0, 0.05) is 25.3 Å². The highest BCUT2D eigenvalue weighted by Gasteiger charge is 2.21. The van der Waals surface area contributed by atoms with Gasteiger partial charge in [-0.15, -0.1) is 0 Å². The first-order chi connectivity index (χ1) is 9.11. The van der Waals surface area contributed by atoms with Crippen LogP contribution in [0, 0.1) is 0 Å². The molecule has 0 saturated heterocycles. The maximum Gasteiger partial charge on any atom is 0.123 e. The Kier molecular flexibility index (Phi) is 5.02. The third-order valence-corrected chi connectivity index (χ3v) is 3.62.